The van der Waals surface area contributed by atoms with Gasteiger partial charge in [0, 0.05) is 23.9 Å². The number of hydrogen-bond donors (Lipinski definition) is 1. The molecule has 5 rings (SSSR count). The van der Waals surface area contributed by atoms with Crippen LogP contribution in [0.2, 0.25) is 0 Å². The Morgan fingerprint density at radius 2 is 1.75 bits per heavy atom. The van der Waals surface area contributed by atoms with Crippen LogP contribution in [0.3, 0.4) is 0 Å². The van der Waals surface area contributed by atoms with Crippen molar-refractivity contribution >= 4 is 23.2 Å². The second-order valence-electron chi connectivity index (χ2n) is 9.68. The van der Waals surface area contributed by atoms with Gasteiger partial charge in [0.2, 0.25) is 5.91 Å². The van der Waals surface area contributed by atoms with Crippen LogP contribution in [0.5, 0.6) is 5.75 Å². The zero-order chi connectivity index (χ0) is 25.2. The van der Waals surface area contributed by atoms with E-state index in [0.29, 0.717) is 18.9 Å². The predicted molar refractivity (Wildman–Crippen MR) is 133 cm³/mol. The molecule has 2 atom stereocenters. The van der Waals surface area contributed by atoms with E-state index in [1.807, 2.05) is 36.4 Å². The quantitative estimate of drug-likeness (QED) is 0.467. The summed E-state index contributed by atoms with van der Waals surface area (Å²) >= 11 is -2.77. The van der Waals surface area contributed by atoms with E-state index in [9.17, 15) is 18.4 Å². The van der Waals surface area contributed by atoms with Crippen molar-refractivity contribution in [3.8, 4) is 5.75 Å². The smallest absolute Gasteiger partial charge is 0.336 e. The summed E-state index contributed by atoms with van der Waals surface area (Å²) in [7, 11) is 1.61. The number of nitrogens with one attached hydrogen (secondary N) is 1. The number of nitrogens with zero attached hydrogens (tertiary/aromatic N) is 3. The van der Waals surface area contributed by atoms with E-state index in [1.54, 1.807) is 12.0 Å². The average Bonchev–Trinajstić information content (AvgIpc) is 3.81. The summed E-state index contributed by atoms with van der Waals surface area (Å²) in [5, 5.41) is 3.98. The fraction of sp³-hybridized carbons (Fsp3) is 0.462. The van der Waals surface area contributed by atoms with Crippen molar-refractivity contribution in [3.05, 3.63) is 65.2 Å². The number of rotatable bonds is 11. The van der Waals surface area contributed by atoms with Gasteiger partial charge >= 0.3 is 6.03 Å². The second kappa shape index (κ2) is 10.6. The van der Waals surface area contributed by atoms with Crippen LogP contribution in [0, 0.1) is 0 Å². The molecule has 1 N–H and O–H groups in total. The first kappa shape index (κ1) is 24.7. The first-order valence-electron chi connectivity index (χ1n) is 12.4. The summed E-state index contributed by atoms with van der Waals surface area (Å²) in [6, 6.07) is 15.3. The molecular formula is C26H31N4O5S-. The Morgan fingerprint density at radius 3 is 2.33 bits per heavy atom. The van der Waals surface area contributed by atoms with E-state index in [-0.39, 0.29) is 18.6 Å². The van der Waals surface area contributed by atoms with Gasteiger partial charge in [0.25, 0.3) is 0 Å². The highest BCUT2D eigenvalue weighted by molar-refractivity contribution is 7.76. The van der Waals surface area contributed by atoms with Crippen LogP contribution in [0.15, 0.2) is 48.5 Å². The minimum Gasteiger partial charge on any atom is -0.758 e. The first-order valence-corrected chi connectivity index (χ1v) is 13.4. The molecule has 3 amide bonds. The van der Waals surface area contributed by atoms with Crippen LogP contribution in [-0.4, -0.2) is 67.8 Å². The number of hydrogen-bond acceptors (Lipinski definition) is 5. The normalized spacial score (nSPS) is 20.6. The van der Waals surface area contributed by atoms with Gasteiger partial charge < -0.3 is 19.5 Å². The minimum absolute atomic E-state index is 0.104. The maximum Gasteiger partial charge on any atom is 0.336 e. The van der Waals surface area contributed by atoms with E-state index in [2.05, 4.69) is 17.4 Å². The molecule has 2 aliphatic carbocycles. The first-order chi connectivity index (χ1) is 17.4. The second-order valence-corrected chi connectivity index (χ2v) is 10.5. The molecule has 36 heavy (non-hydrogen) atoms. The maximum absolute atomic E-state index is 13.5. The number of ether oxygens (including phenoxy) is 1. The van der Waals surface area contributed by atoms with E-state index < -0.39 is 29.7 Å². The van der Waals surface area contributed by atoms with E-state index in [4.69, 9.17) is 4.74 Å². The summed E-state index contributed by atoms with van der Waals surface area (Å²) < 4.78 is 30.3. The number of carbonyl (C=O) groups excluding carboxylic acids is 2. The van der Waals surface area contributed by atoms with Gasteiger partial charge in [0.05, 0.1) is 19.7 Å². The molecule has 2 saturated carbocycles. The van der Waals surface area contributed by atoms with Gasteiger partial charge in [-0.15, -0.1) is 4.41 Å². The minimum atomic E-state index is -2.77. The van der Waals surface area contributed by atoms with Crippen LogP contribution in [-0.2, 0) is 22.5 Å². The molecule has 3 fully saturated rings. The molecule has 2 aromatic rings. The summed E-state index contributed by atoms with van der Waals surface area (Å²) in [6.07, 6.45) is 4.80. The number of hydrazine groups is 1. The third-order valence-corrected chi connectivity index (χ3v) is 7.69. The van der Waals surface area contributed by atoms with Gasteiger partial charge in [-0.3, -0.25) is 9.00 Å². The third-order valence-electron chi connectivity index (χ3n) is 7.02. The van der Waals surface area contributed by atoms with Crippen molar-refractivity contribution in [2.45, 2.75) is 50.1 Å². The fourth-order valence-corrected chi connectivity index (χ4v) is 5.16. The lowest BCUT2D eigenvalue weighted by molar-refractivity contribution is -0.123. The van der Waals surface area contributed by atoms with Crippen LogP contribution in [0.4, 0.5) is 4.79 Å². The van der Waals surface area contributed by atoms with Gasteiger partial charge in [-0.05, 0) is 66.8 Å². The molecule has 0 spiro atoms. The van der Waals surface area contributed by atoms with Crippen molar-refractivity contribution in [3.63, 3.8) is 0 Å². The largest absolute Gasteiger partial charge is 0.758 e. The lowest BCUT2D eigenvalue weighted by Gasteiger charge is -2.31. The Labute approximate surface area is 213 Å². The Balaban J connectivity index is 1.35. The lowest BCUT2D eigenvalue weighted by atomic mass is 10.0. The van der Waals surface area contributed by atoms with Crippen LogP contribution in [0.1, 0.15) is 54.3 Å². The molecule has 9 nitrogen and oxygen atoms in total. The molecular weight excluding hydrogens is 480 g/mol. The Bertz CT molecular complexity index is 1120. The molecule has 3 aliphatic rings. The van der Waals surface area contributed by atoms with Gasteiger partial charge in [0.1, 0.15) is 12.3 Å². The number of carbonyl (C=O) groups is 2. The number of methoxy groups -OCH3 is 1. The fourth-order valence-electron chi connectivity index (χ4n) is 4.64. The van der Waals surface area contributed by atoms with Crippen LogP contribution >= 0.6 is 0 Å². The zero-order valence-electron chi connectivity index (χ0n) is 20.3. The van der Waals surface area contributed by atoms with Crippen molar-refractivity contribution in [1.82, 2.24) is 19.6 Å². The summed E-state index contributed by atoms with van der Waals surface area (Å²) in [5.41, 5.74) is 3.28. The van der Waals surface area contributed by atoms with Crippen molar-refractivity contribution in [2.24, 2.45) is 0 Å². The topological polar surface area (TPSA) is 105 Å². The average molecular weight is 512 g/mol. The molecule has 2 aromatic carbocycles. The van der Waals surface area contributed by atoms with Gasteiger partial charge in [-0.25, -0.2) is 9.80 Å². The van der Waals surface area contributed by atoms with Crippen LogP contribution < -0.4 is 10.1 Å². The Hall–Kier alpha value is -2.95. The monoisotopic (exact) mass is 511 g/mol. The highest BCUT2D eigenvalue weighted by atomic mass is 32.2. The molecule has 1 heterocycles. The summed E-state index contributed by atoms with van der Waals surface area (Å²) in [6.45, 7) is 0.136. The zero-order valence-corrected chi connectivity index (χ0v) is 21.1. The van der Waals surface area contributed by atoms with Gasteiger partial charge in [-0.2, -0.15) is 0 Å². The highest BCUT2D eigenvalue weighted by Gasteiger charge is 2.42. The molecule has 2 unspecified atom stereocenters. The van der Waals surface area contributed by atoms with Crippen molar-refractivity contribution in [1.29, 1.82) is 0 Å². The molecule has 192 valence electrons. The lowest BCUT2D eigenvalue weighted by Crippen LogP contribution is -2.50. The maximum atomic E-state index is 13.5. The van der Waals surface area contributed by atoms with E-state index in [0.717, 1.165) is 34.1 Å². The van der Waals surface area contributed by atoms with E-state index in [1.165, 1.54) is 23.4 Å². The van der Waals surface area contributed by atoms with Crippen molar-refractivity contribution in [2.75, 3.05) is 26.7 Å². The predicted octanol–water partition coefficient (Wildman–Crippen LogP) is 2.88. The van der Waals surface area contributed by atoms with Gasteiger partial charge in [0.15, 0.2) is 0 Å². The Morgan fingerprint density at radius 1 is 1.08 bits per heavy atom. The SMILES string of the molecule is COc1ccc(CCN2C(=O)N(N(CC(=O)NC3CC3)S(=O)[O-])CC2c2ccc(C3CC3)cc2)cc1. The van der Waals surface area contributed by atoms with Crippen LogP contribution in [0.25, 0.3) is 0 Å². The van der Waals surface area contributed by atoms with E-state index >= 15 is 0 Å². The number of amides is 3. The molecule has 0 bridgehead atoms. The number of benzene rings is 2. The molecule has 1 saturated heterocycles. The number of urea groups is 1. The summed E-state index contributed by atoms with van der Waals surface area (Å²) in [5.74, 6) is 0.973. The van der Waals surface area contributed by atoms with Gasteiger partial charge in [-0.1, -0.05) is 36.4 Å². The molecule has 0 aromatic heterocycles. The third kappa shape index (κ3) is 5.71. The highest BCUT2D eigenvalue weighted by Crippen LogP contribution is 2.41. The standard InChI is InChI=1S/C26H32N4O5S/c1-35-23-12-2-18(3-13-23)14-15-28-24(21-8-6-20(7-9-21)19-4-5-19)16-29(26(28)32)30(36(33)34)17-25(31)27-22-10-11-22/h2-3,6-9,12-13,19,22,24H,4-5,10-11,14-17H2,1H3,(H,27,31)(H,33,34)/p-1. The summed E-state index contributed by atoms with van der Waals surface area (Å²) in [4.78, 5) is 27.6. The molecule has 1 aliphatic heterocycles. The molecule has 0 radical (unpaired) electrons. The Kier molecular flexibility index (Phi) is 7.27. The molecule has 10 heteroatoms. The van der Waals surface area contributed by atoms with Crippen molar-refractivity contribution < 1.29 is 23.1 Å².